The Morgan fingerprint density at radius 3 is 2.55 bits per heavy atom. The van der Waals surface area contributed by atoms with Gasteiger partial charge in [-0.15, -0.1) is 0 Å². The monoisotopic (exact) mass is 442 g/mol. The molecule has 2 aromatic heterocycles. The number of aryl methyl sites for hydroxylation is 1. The Morgan fingerprint density at radius 2 is 1.87 bits per heavy atom. The third-order valence-corrected chi connectivity index (χ3v) is 6.86. The summed E-state index contributed by atoms with van der Waals surface area (Å²) in [6.07, 6.45) is 0.589. The molecule has 162 valence electrons. The number of benzene rings is 2. The zero-order chi connectivity index (χ0) is 22.0. The van der Waals surface area contributed by atoms with Gasteiger partial charge in [0, 0.05) is 25.6 Å². The second-order valence-electron chi connectivity index (χ2n) is 6.96. The molecular weight excluding hydrogens is 420 g/mol. The maximum atomic E-state index is 13.2. The van der Waals surface area contributed by atoms with E-state index in [-0.39, 0.29) is 23.6 Å². The molecule has 0 atom stereocenters. The van der Waals surface area contributed by atoms with Gasteiger partial charge in [-0.1, -0.05) is 49.3 Å². The van der Waals surface area contributed by atoms with E-state index in [1.807, 2.05) is 37.3 Å². The van der Waals surface area contributed by atoms with Crippen LogP contribution in [0.25, 0.3) is 11.1 Å². The van der Waals surface area contributed by atoms with E-state index in [0.29, 0.717) is 30.2 Å². The molecule has 0 aliphatic carbocycles. The first-order chi connectivity index (χ1) is 14.9. The second-order valence-corrected chi connectivity index (χ2v) is 8.90. The molecule has 4 rings (SSSR count). The first-order valence-electron chi connectivity index (χ1n) is 9.91. The van der Waals surface area contributed by atoms with Gasteiger partial charge in [0.25, 0.3) is 0 Å². The van der Waals surface area contributed by atoms with Crippen molar-refractivity contribution in [2.75, 3.05) is 6.54 Å². The van der Waals surface area contributed by atoms with Crippen LogP contribution in [0.3, 0.4) is 0 Å². The average Bonchev–Trinajstić information content (AvgIpc) is 3.36. The molecule has 31 heavy (non-hydrogen) atoms. The minimum Gasteiger partial charge on any atom is -0.408 e. The second kappa shape index (κ2) is 8.48. The van der Waals surface area contributed by atoms with E-state index in [1.54, 1.807) is 13.0 Å². The molecule has 0 fully saturated rings. The highest BCUT2D eigenvalue weighted by Crippen LogP contribution is 2.23. The molecular formula is C21H22N4O5S. The van der Waals surface area contributed by atoms with Crippen LogP contribution in [0.4, 0.5) is 0 Å². The minimum atomic E-state index is -3.78. The van der Waals surface area contributed by atoms with E-state index in [2.05, 4.69) is 10.1 Å². The zero-order valence-electron chi connectivity index (χ0n) is 17.2. The van der Waals surface area contributed by atoms with Gasteiger partial charge >= 0.3 is 5.76 Å². The van der Waals surface area contributed by atoms with Crippen LogP contribution in [0.5, 0.6) is 0 Å². The van der Waals surface area contributed by atoms with Crippen LogP contribution >= 0.6 is 0 Å². The van der Waals surface area contributed by atoms with Crippen LogP contribution in [-0.4, -0.2) is 34.0 Å². The highest BCUT2D eigenvalue weighted by atomic mass is 32.2. The van der Waals surface area contributed by atoms with E-state index in [0.717, 1.165) is 5.56 Å². The third-order valence-electron chi connectivity index (χ3n) is 4.94. The molecule has 9 nitrogen and oxygen atoms in total. The van der Waals surface area contributed by atoms with Gasteiger partial charge in [0.15, 0.2) is 11.4 Å². The molecule has 0 N–H and O–H groups in total. The fourth-order valence-corrected chi connectivity index (χ4v) is 4.75. The van der Waals surface area contributed by atoms with Gasteiger partial charge < -0.3 is 8.94 Å². The van der Waals surface area contributed by atoms with Crippen LogP contribution in [0.1, 0.15) is 31.1 Å². The number of rotatable bonds is 8. The molecule has 4 aromatic rings. The van der Waals surface area contributed by atoms with Crippen molar-refractivity contribution >= 4 is 21.1 Å². The molecule has 0 amide bonds. The summed E-state index contributed by atoms with van der Waals surface area (Å²) in [5.74, 6) is 0.199. The lowest BCUT2D eigenvalue weighted by Gasteiger charge is -2.20. The highest BCUT2D eigenvalue weighted by molar-refractivity contribution is 7.89. The fourth-order valence-electron chi connectivity index (χ4n) is 3.30. The Morgan fingerprint density at radius 1 is 1.10 bits per heavy atom. The van der Waals surface area contributed by atoms with Crippen molar-refractivity contribution in [1.29, 1.82) is 0 Å². The quantitative estimate of drug-likeness (QED) is 0.412. The van der Waals surface area contributed by atoms with Gasteiger partial charge in [-0.25, -0.2) is 13.2 Å². The molecule has 0 aliphatic rings. The Kier molecular flexibility index (Phi) is 5.75. The number of sulfonamides is 1. The normalized spacial score (nSPS) is 12.1. The molecule has 0 spiro atoms. The topological polar surface area (TPSA) is 111 Å². The number of hydrogen-bond donors (Lipinski definition) is 0. The summed E-state index contributed by atoms with van der Waals surface area (Å²) in [6.45, 7) is 4.29. The van der Waals surface area contributed by atoms with Crippen molar-refractivity contribution in [2.45, 2.75) is 38.3 Å². The summed E-state index contributed by atoms with van der Waals surface area (Å²) in [7, 11) is -3.78. The number of nitrogens with zero attached hydrogens (tertiary/aromatic N) is 4. The van der Waals surface area contributed by atoms with Crippen molar-refractivity contribution in [3.63, 3.8) is 0 Å². The molecule has 10 heteroatoms. The van der Waals surface area contributed by atoms with Gasteiger partial charge in [0.2, 0.25) is 15.9 Å². The van der Waals surface area contributed by atoms with Gasteiger partial charge in [0.1, 0.15) is 0 Å². The van der Waals surface area contributed by atoms with Crippen LogP contribution < -0.4 is 5.76 Å². The van der Waals surface area contributed by atoms with E-state index in [9.17, 15) is 13.2 Å². The van der Waals surface area contributed by atoms with E-state index in [4.69, 9.17) is 8.94 Å². The molecule has 0 saturated carbocycles. The van der Waals surface area contributed by atoms with Crippen molar-refractivity contribution in [1.82, 2.24) is 19.0 Å². The van der Waals surface area contributed by atoms with Gasteiger partial charge in [-0.2, -0.15) is 9.29 Å². The summed E-state index contributed by atoms with van der Waals surface area (Å²) in [5, 5.41) is 3.85. The standard InChI is InChI=1S/C21H22N4O5S/c1-3-20-22-19(23-30-20)14-25-17-11-10-16(12-18(17)29-21(25)26)31(27,28)24(4-2)13-15-8-6-5-7-9-15/h5-12H,3-4,13-14H2,1-2H3. The molecule has 2 heterocycles. The first-order valence-corrected chi connectivity index (χ1v) is 11.3. The lowest BCUT2D eigenvalue weighted by Crippen LogP contribution is -2.30. The lowest BCUT2D eigenvalue weighted by molar-refractivity contribution is 0.375. The van der Waals surface area contributed by atoms with Crippen molar-refractivity contribution in [2.24, 2.45) is 0 Å². The van der Waals surface area contributed by atoms with Crippen molar-refractivity contribution < 1.29 is 17.4 Å². The SMILES string of the molecule is CCc1nc(Cn2c(=O)oc3cc(S(=O)(=O)N(CC)Cc4ccccc4)ccc32)no1. The first kappa shape index (κ1) is 21.0. The van der Waals surface area contributed by atoms with E-state index < -0.39 is 15.8 Å². The highest BCUT2D eigenvalue weighted by Gasteiger charge is 2.25. The molecule has 2 aromatic carbocycles. The Labute approximate surface area is 179 Å². The molecule has 0 aliphatic heterocycles. The maximum absolute atomic E-state index is 13.2. The number of fused-ring (bicyclic) bond motifs is 1. The summed E-state index contributed by atoms with van der Waals surface area (Å²) in [6, 6.07) is 13.8. The summed E-state index contributed by atoms with van der Waals surface area (Å²) >= 11 is 0. The predicted molar refractivity (Wildman–Crippen MR) is 113 cm³/mol. The number of oxazole rings is 1. The van der Waals surface area contributed by atoms with E-state index >= 15 is 0 Å². The van der Waals surface area contributed by atoms with Crippen molar-refractivity contribution in [3.05, 3.63) is 76.4 Å². The summed E-state index contributed by atoms with van der Waals surface area (Å²) in [4.78, 5) is 16.6. The molecule has 0 unspecified atom stereocenters. The lowest BCUT2D eigenvalue weighted by atomic mass is 10.2. The minimum absolute atomic E-state index is 0.0616. The Bertz CT molecular complexity index is 1360. The Balaban J connectivity index is 1.66. The van der Waals surface area contributed by atoms with Gasteiger partial charge in [-0.05, 0) is 17.7 Å². The van der Waals surface area contributed by atoms with Crippen LogP contribution in [0.15, 0.2) is 67.2 Å². The largest absolute Gasteiger partial charge is 0.420 e. The molecule has 0 radical (unpaired) electrons. The predicted octanol–water partition coefficient (Wildman–Crippen LogP) is 2.80. The average molecular weight is 442 g/mol. The van der Waals surface area contributed by atoms with Crippen LogP contribution in [0, 0.1) is 0 Å². The van der Waals surface area contributed by atoms with Crippen LogP contribution in [-0.2, 0) is 29.5 Å². The fraction of sp³-hybridized carbons (Fsp3) is 0.286. The van der Waals surface area contributed by atoms with Crippen molar-refractivity contribution in [3.8, 4) is 0 Å². The zero-order valence-corrected chi connectivity index (χ0v) is 18.0. The molecule has 0 bridgehead atoms. The van der Waals surface area contributed by atoms with Crippen LogP contribution in [0.2, 0.25) is 0 Å². The Hall–Kier alpha value is -3.24. The number of aromatic nitrogens is 3. The number of hydrogen-bond acceptors (Lipinski definition) is 7. The summed E-state index contributed by atoms with van der Waals surface area (Å²) < 4.78 is 39.5. The third kappa shape index (κ3) is 4.17. The summed E-state index contributed by atoms with van der Waals surface area (Å²) in [5.41, 5.74) is 1.53. The van der Waals surface area contributed by atoms with Gasteiger partial charge in [0.05, 0.1) is 17.0 Å². The molecule has 0 saturated heterocycles. The van der Waals surface area contributed by atoms with Gasteiger partial charge in [-0.3, -0.25) is 4.57 Å². The van der Waals surface area contributed by atoms with E-state index in [1.165, 1.54) is 21.0 Å². The maximum Gasteiger partial charge on any atom is 0.420 e. The smallest absolute Gasteiger partial charge is 0.408 e.